The number of guanidine groups is 1. The van der Waals surface area contributed by atoms with E-state index in [2.05, 4.69) is 72.5 Å². The standard InChI is InChI=1S/C64H88N20O10/c1-40-32-41(2)83(81-40)31-30-82(29-24-65)28-13-21-56(85)71-26-11-8-18-50(57(66)86)75-59(88)51-19-9-10-25-70-49-23-22-45(84(93)94)36-47(49)58(87)78-55(35-44-38-69-39-74-44)63(92)79-53(33-42-14-4-3-5-15-42)61(90)77-52(20-12-27-72-64(67)68)60(89)80-54(62(91)76-51)34-43-37-73-48-17-7-6-16-46(43)48/h3-7,14-17,22-23,32,36-39,50-55,70,73H,8-13,18-21,24-31,33-35,65H2,1-2H3,(H2,66,86)(H,69,74)(H,71,85)(H,75,88)(H,76,91)(H,77,90)(H,78,87)(H,79,92)(H,80,89)(H4,67,68,72)/t50-,51-,52-,53+,54?,55?/m0/s1. The van der Waals surface area contributed by atoms with Gasteiger partial charge in [-0.2, -0.15) is 5.10 Å². The van der Waals surface area contributed by atoms with Crippen LogP contribution in [0.25, 0.3) is 10.9 Å². The third-order valence-electron chi connectivity index (χ3n) is 16.1. The summed E-state index contributed by atoms with van der Waals surface area (Å²) >= 11 is 0. The van der Waals surface area contributed by atoms with Crippen LogP contribution in [0, 0.1) is 24.0 Å². The molecule has 0 aliphatic carbocycles. The molecule has 6 atom stereocenters. The highest BCUT2D eigenvalue weighted by atomic mass is 16.6. The van der Waals surface area contributed by atoms with E-state index < -0.39 is 88.2 Å². The van der Waals surface area contributed by atoms with Crippen molar-refractivity contribution in [1.29, 1.82) is 0 Å². The van der Waals surface area contributed by atoms with E-state index >= 15 is 4.79 Å². The number of aromatic nitrogens is 5. The molecule has 0 saturated carbocycles. The molecule has 0 bridgehead atoms. The zero-order valence-electron chi connectivity index (χ0n) is 53.1. The van der Waals surface area contributed by atoms with Crippen LogP contribution in [0.5, 0.6) is 0 Å². The van der Waals surface area contributed by atoms with E-state index in [9.17, 15) is 43.7 Å². The van der Waals surface area contributed by atoms with Crippen molar-refractivity contribution >= 4 is 75.5 Å². The average Bonchev–Trinajstić information content (AvgIpc) is 1.55. The first kappa shape index (κ1) is 71.2. The number of amides is 8. The molecular formula is C64H88N20O10. The van der Waals surface area contributed by atoms with Gasteiger partial charge in [-0.1, -0.05) is 48.5 Å². The van der Waals surface area contributed by atoms with Gasteiger partial charge in [0.05, 0.1) is 29.1 Å². The van der Waals surface area contributed by atoms with E-state index in [-0.39, 0.29) is 100 Å². The summed E-state index contributed by atoms with van der Waals surface area (Å²) in [4.78, 5) is 143. The first-order valence-corrected chi connectivity index (χ1v) is 31.7. The highest BCUT2D eigenvalue weighted by Crippen LogP contribution is 2.24. The molecule has 3 aromatic heterocycles. The van der Waals surface area contributed by atoms with E-state index in [4.69, 9.17) is 22.9 Å². The Balaban J connectivity index is 1.14. The molecule has 0 saturated heterocycles. The smallest absolute Gasteiger partial charge is 0.270 e. The molecule has 18 N–H and O–H groups in total. The number of nitrogens with one attached hydrogen (secondary N) is 10. The Kier molecular flexibility index (Phi) is 27.4. The van der Waals surface area contributed by atoms with Crippen molar-refractivity contribution in [2.75, 3.05) is 51.1 Å². The Morgan fingerprint density at radius 3 is 2.20 bits per heavy atom. The minimum absolute atomic E-state index is 0.0338. The predicted molar refractivity (Wildman–Crippen MR) is 353 cm³/mol. The van der Waals surface area contributed by atoms with Gasteiger partial charge in [0, 0.05) is 117 Å². The van der Waals surface area contributed by atoms with Gasteiger partial charge >= 0.3 is 0 Å². The quantitative estimate of drug-likeness (QED) is 0.0107. The first-order valence-electron chi connectivity index (χ1n) is 31.7. The minimum Gasteiger partial charge on any atom is -0.384 e. The van der Waals surface area contributed by atoms with E-state index in [1.807, 2.05) is 48.9 Å². The molecule has 4 heterocycles. The van der Waals surface area contributed by atoms with Crippen molar-refractivity contribution in [3.05, 3.63) is 141 Å². The molecule has 2 unspecified atom stereocenters. The third kappa shape index (κ3) is 22.3. The molecule has 0 spiro atoms. The summed E-state index contributed by atoms with van der Waals surface area (Å²) in [5.74, 6) is -6.14. The summed E-state index contributed by atoms with van der Waals surface area (Å²) in [5.41, 5.74) is 27.0. The fraction of sp³-hybridized carbons (Fsp3) is 0.453. The molecule has 8 amide bonds. The van der Waals surface area contributed by atoms with Crippen molar-refractivity contribution in [3.8, 4) is 0 Å². The molecule has 504 valence electrons. The molecule has 30 nitrogen and oxygen atoms in total. The van der Waals surface area contributed by atoms with Crippen molar-refractivity contribution in [2.45, 2.75) is 140 Å². The topological polar surface area (TPSA) is 458 Å². The highest BCUT2D eigenvalue weighted by molar-refractivity contribution is 6.03. The van der Waals surface area contributed by atoms with Crippen LogP contribution >= 0.6 is 0 Å². The summed E-state index contributed by atoms with van der Waals surface area (Å²) in [5, 5.41) is 40.2. The first-order chi connectivity index (χ1) is 45.2. The number of primary amides is 1. The zero-order valence-corrected chi connectivity index (χ0v) is 53.1. The van der Waals surface area contributed by atoms with Gasteiger partial charge in [0.15, 0.2) is 5.96 Å². The Hall–Kier alpha value is -10.2. The summed E-state index contributed by atoms with van der Waals surface area (Å²) in [6.45, 7) is 7.65. The number of nitro groups is 1. The average molecular weight is 1300 g/mol. The van der Waals surface area contributed by atoms with E-state index in [1.54, 1.807) is 36.5 Å². The van der Waals surface area contributed by atoms with Crippen LogP contribution in [0.15, 0.2) is 103 Å². The number of rotatable bonds is 28. The maximum absolute atomic E-state index is 15.1. The summed E-state index contributed by atoms with van der Waals surface area (Å²) in [7, 11) is 0. The number of hydrogen-bond acceptors (Lipinski definition) is 16. The van der Waals surface area contributed by atoms with E-state index in [0.717, 1.165) is 34.9 Å². The van der Waals surface area contributed by atoms with Crippen LogP contribution in [-0.4, -0.2) is 170 Å². The molecule has 30 heteroatoms. The van der Waals surface area contributed by atoms with Crippen molar-refractivity contribution < 1.29 is 43.3 Å². The Bertz CT molecular complexity index is 3550. The fourth-order valence-corrected chi connectivity index (χ4v) is 11.1. The predicted octanol–water partition coefficient (Wildman–Crippen LogP) is 1.03. The largest absolute Gasteiger partial charge is 0.384 e. The Morgan fingerprint density at radius 2 is 1.50 bits per heavy atom. The number of fused-ring (bicyclic) bond motifs is 2. The van der Waals surface area contributed by atoms with Crippen LogP contribution < -0.4 is 65.5 Å². The lowest BCUT2D eigenvalue weighted by atomic mass is 10.0. The number of imidazole rings is 1. The van der Waals surface area contributed by atoms with E-state index in [0.29, 0.717) is 68.8 Å². The number of H-pyrrole nitrogens is 2. The second kappa shape index (κ2) is 36.1. The summed E-state index contributed by atoms with van der Waals surface area (Å²) in [6, 6.07) is 13.5. The number of aryl methyl sites for hydroxylation is 2. The SMILES string of the molecule is Cc1cc(C)n(CCN(CCN)CCCC(=O)NCCCC[C@H](NC(=O)[C@@H]2CCCCNc3ccc([N+](=O)[O-])cc3C(=O)NC(Cc3cnc[nH]3)C(=O)N[C@H](Cc3ccccc3)C(=O)N[C@@H](CCCN=C(N)N)C(=O)NC(Cc3c[nH]c4ccccc34)C(=O)N2)C(N)=O)n1. The third-order valence-corrected chi connectivity index (χ3v) is 16.1. The van der Waals surface area contributed by atoms with Gasteiger partial charge in [0.1, 0.15) is 36.3 Å². The minimum atomic E-state index is -1.42. The number of carbonyl (C=O) groups is 8. The lowest BCUT2D eigenvalue weighted by Crippen LogP contribution is -2.60. The number of carbonyl (C=O) groups excluding carboxylic acids is 8. The normalized spacial score (nSPS) is 18.1. The number of benzene rings is 3. The van der Waals surface area contributed by atoms with Gasteiger partial charge in [-0.3, -0.25) is 58.1 Å². The van der Waals surface area contributed by atoms with E-state index in [1.165, 1.54) is 24.7 Å². The second-order valence-electron chi connectivity index (χ2n) is 23.4. The van der Waals surface area contributed by atoms with Gasteiger partial charge in [-0.05, 0) is 108 Å². The maximum atomic E-state index is 15.1. The van der Waals surface area contributed by atoms with Gasteiger partial charge in [-0.15, -0.1) is 0 Å². The van der Waals surface area contributed by atoms with Crippen molar-refractivity contribution in [1.82, 2.24) is 66.8 Å². The summed E-state index contributed by atoms with van der Waals surface area (Å²) < 4.78 is 1.96. The van der Waals surface area contributed by atoms with Gasteiger partial charge < -0.3 is 80.3 Å². The Labute approximate surface area is 544 Å². The van der Waals surface area contributed by atoms with Crippen LogP contribution in [0.1, 0.15) is 103 Å². The molecule has 6 aromatic rings. The molecule has 94 heavy (non-hydrogen) atoms. The van der Waals surface area contributed by atoms with Crippen LogP contribution in [0.2, 0.25) is 0 Å². The number of aromatic amines is 2. The number of nitrogens with zero attached hydrogens (tertiary/aromatic N) is 6. The maximum Gasteiger partial charge on any atom is 0.270 e. The lowest BCUT2D eigenvalue weighted by molar-refractivity contribution is -0.384. The molecule has 1 aliphatic heterocycles. The highest BCUT2D eigenvalue weighted by Gasteiger charge is 2.35. The van der Waals surface area contributed by atoms with Gasteiger partial charge in [-0.25, -0.2) is 4.98 Å². The second-order valence-corrected chi connectivity index (χ2v) is 23.4. The number of anilines is 1. The zero-order chi connectivity index (χ0) is 67.5. The molecule has 3 aromatic carbocycles. The number of unbranched alkanes of at least 4 members (excludes halogenated alkanes) is 1. The fourth-order valence-electron chi connectivity index (χ4n) is 11.1. The lowest BCUT2D eigenvalue weighted by Gasteiger charge is -2.28. The number of aliphatic imine (C=N–C) groups is 1. The van der Waals surface area contributed by atoms with Crippen LogP contribution in [-0.2, 0) is 59.4 Å². The Morgan fingerprint density at radius 1 is 0.787 bits per heavy atom. The molecule has 7 rings (SSSR count). The van der Waals surface area contributed by atoms with Crippen molar-refractivity contribution in [3.63, 3.8) is 0 Å². The molecule has 1 aliphatic rings. The van der Waals surface area contributed by atoms with Crippen LogP contribution in [0.4, 0.5) is 11.4 Å². The number of para-hydroxylation sites is 1. The summed E-state index contributed by atoms with van der Waals surface area (Å²) in [6.07, 6.45) is 6.40. The number of nitro benzene ring substituents is 1. The number of non-ortho nitro benzene ring substituents is 1. The molecule has 0 radical (unpaired) electrons. The van der Waals surface area contributed by atoms with Crippen LogP contribution in [0.3, 0.4) is 0 Å². The van der Waals surface area contributed by atoms with Gasteiger partial charge in [0.2, 0.25) is 41.4 Å². The number of nitrogens with two attached hydrogens (primary N) is 4. The molecule has 0 fully saturated rings. The van der Waals surface area contributed by atoms with Gasteiger partial charge in [0.25, 0.3) is 11.6 Å². The monoisotopic (exact) mass is 1300 g/mol. The van der Waals surface area contributed by atoms with Crippen molar-refractivity contribution in [2.24, 2.45) is 27.9 Å². The number of hydrogen-bond donors (Lipinski definition) is 14. The molecular weight excluding hydrogens is 1210 g/mol.